The Balaban J connectivity index is 3.82. The van der Waals surface area contributed by atoms with Crippen LogP contribution in [0, 0.1) is 5.41 Å². The zero-order valence-electron chi connectivity index (χ0n) is 11.7. The minimum absolute atomic E-state index is 0.171. The molecule has 0 radical (unpaired) electrons. The number of carbonyl (C=O) groups is 1. The van der Waals surface area contributed by atoms with Gasteiger partial charge >= 0.3 is 5.97 Å². The van der Waals surface area contributed by atoms with Gasteiger partial charge in [-0.05, 0) is 24.7 Å². The van der Waals surface area contributed by atoms with Gasteiger partial charge in [0.2, 0.25) is 0 Å². The van der Waals surface area contributed by atoms with Crippen molar-refractivity contribution in [2.45, 2.75) is 72.1 Å². The lowest BCUT2D eigenvalue weighted by Gasteiger charge is -2.21. The van der Waals surface area contributed by atoms with E-state index in [2.05, 4.69) is 26.0 Å². The Kier molecular flexibility index (Phi) is 8.83. The third kappa shape index (κ3) is 8.96. The van der Waals surface area contributed by atoms with Crippen LogP contribution in [-0.4, -0.2) is 11.1 Å². The van der Waals surface area contributed by atoms with E-state index in [0.29, 0.717) is 0 Å². The number of hydrogen-bond acceptors (Lipinski definition) is 1. The largest absolute Gasteiger partial charge is 0.481 e. The standard InChI is InChI=1S/C15H28O2/c1-4-6-7-8-9-10-11-12-15(3,5-2)13-14(16)17/h11-12H,4-10,13H2,1-3H3,(H,16,17). The van der Waals surface area contributed by atoms with Gasteiger partial charge in [0.1, 0.15) is 0 Å². The average molecular weight is 240 g/mol. The molecule has 100 valence electrons. The van der Waals surface area contributed by atoms with Gasteiger partial charge in [0.05, 0.1) is 6.42 Å². The van der Waals surface area contributed by atoms with Crippen molar-refractivity contribution in [3.63, 3.8) is 0 Å². The Bertz CT molecular complexity index is 233. The molecule has 0 fully saturated rings. The van der Waals surface area contributed by atoms with Crippen LogP contribution in [0.3, 0.4) is 0 Å². The molecule has 0 aliphatic carbocycles. The number of carboxylic acids is 1. The fraction of sp³-hybridized carbons (Fsp3) is 0.800. The molecule has 0 amide bonds. The third-order valence-corrected chi connectivity index (χ3v) is 3.36. The van der Waals surface area contributed by atoms with Gasteiger partial charge in [-0.15, -0.1) is 0 Å². The molecule has 0 aromatic rings. The molecule has 0 saturated heterocycles. The van der Waals surface area contributed by atoms with E-state index in [1.807, 2.05) is 6.92 Å². The van der Waals surface area contributed by atoms with Gasteiger partial charge in [-0.1, -0.05) is 58.6 Å². The first-order valence-electron chi connectivity index (χ1n) is 6.93. The van der Waals surface area contributed by atoms with Gasteiger partial charge in [0.15, 0.2) is 0 Å². The smallest absolute Gasteiger partial charge is 0.304 e. The Hall–Kier alpha value is -0.790. The van der Waals surface area contributed by atoms with Crippen molar-refractivity contribution in [3.8, 4) is 0 Å². The Morgan fingerprint density at radius 3 is 2.35 bits per heavy atom. The van der Waals surface area contributed by atoms with E-state index in [0.717, 1.165) is 12.8 Å². The summed E-state index contributed by atoms with van der Waals surface area (Å²) >= 11 is 0. The minimum Gasteiger partial charge on any atom is -0.481 e. The molecule has 0 aliphatic rings. The number of carboxylic acid groups (broad SMARTS) is 1. The van der Waals surface area contributed by atoms with Crippen molar-refractivity contribution in [1.82, 2.24) is 0 Å². The van der Waals surface area contributed by atoms with Crippen molar-refractivity contribution in [1.29, 1.82) is 0 Å². The third-order valence-electron chi connectivity index (χ3n) is 3.36. The number of aliphatic carboxylic acids is 1. The topological polar surface area (TPSA) is 37.3 Å². The van der Waals surface area contributed by atoms with Crippen LogP contribution in [-0.2, 0) is 4.79 Å². The second-order valence-electron chi connectivity index (χ2n) is 5.18. The summed E-state index contributed by atoms with van der Waals surface area (Å²) in [5.41, 5.74) is -0.171. The molecule has 0 aliphatic heterocycles. The Morgan fingerprint density at radius 1 is 1.18 bits per heavy atom. The highest BCUT2D eigenvalue weighted by atomic mass is 16.4. The molecule has 1 N–H and O–H groups in total. The van der Waals surface area contributed by atoms with Crippen LogP contribution in [0.5, 0.6) is 0 Å². The second-order valence-corrected chi connectivity index (χ2v) is 5.18. The first-order chi connectivity index (χ1) is 8.04. The summed E-state index contributed by atoms with van der Waals surface area (Å²) in [6.07, 6.45) is 12.9. The van der Waals surface area contributed by atoms with Crippen LogP contribution in [0.1, 0.15) is 72.1 Å². The normalized spacial score (nSPS) is 15.0. The highest BCUT2D eigenvalue weighted by Crippen LogP contribution is 2.27. The molecule has 1 unspecified atom stereocenters. The van der Waals surface area contributed by atoms with Crippen molar-refractivity contribution in [3.05, 3.63) is 12.2 Å². The van der Waals surface area contributed by atoms with Crippen LogP contribution >= 0.6 is 0 Å². The fourth-order valence-electron chi connectivity index (χ4n) is 1.88. The molecule has 0 rings (SSSR count). The number of hydrogen-bond donors (Lipinski definition) is 1. The lowest BCUT2D eigenvalue weighted by molar-refractivity contribution is -0.138. The predicted molar refractivity (Wildman–Crippen MR) is 73.2 cm³/mol. The van der Waals surface area contributed by atoms with Crippen LogP contribution in [0.4, 0.5) is 0 Å². The van der Waals surface area contributed by atoms with Crippen LogP contribution in [0.25, 0.3) is 0 Å². The zero-order valence-corrected chi connectivity index (χ0v) is 11.7. The van der Waals surface area contributed by atoms with Gasteiger partial charge in [-0.2, -0.15) is 0 Å². The molecular formula is C15H28O2. The molecule has 0 aromatic heterocycles. The summed E-state index contributed by atoms with van der Waals surface area (Å²) in [7, 11) is 0. The van der Waals surface area contributed by atoms with E-state index in [1.54, 1.807) is 0 Å². The molecule has 2 heteroatoms. The van der Waals surface area contributed by atoms with Gasteiger partial charge in [0, 0.05) is 0 Å². The summed E-state index contributed by atoms with van der Waals surface area (Å²) in [5.74, 6) is -0.707. The van der Waals surface area contributed by atoms with Crippen LogP contribution < -0.4 is 0 Å². The molecule has 0 aromatic carbocycles. The molecule has 0 bridgehead atoms. The molecule has 2 nitrogen and oxygen atoms in total. The summed E-state index contributed by atoms with van der Waals surface area (Å²) in [6.45, 7) is 6.29. The maximum absolute atomic E-state index is 10.7. The summed E-state index contributed by atoms with van der Waals surface area (Å²) in [5, 5.41) is 8.85. The molecular weight excluding hydrogens is 212 g/mol. The van der Waals surface area contributed by atoms with Crippen LogP contribution in [0.2, 0.25) is 0 Å². The zero-order chi connectivity index (χ0) is 13.1. The predicted octanol–water partition coefficient (Wildman–Crippen LogP) is 4.79. The first-order valence-corrected chi connectivity index (χ1v) is 6.93. The highest BCUT2D eigenvalue weighted by Gasteiger charge is 2.21. The van der Waals surface area contributed by atoms with Crippen LogP contribution in [0.15, 0.2) is 12.2 Å². The van der Waals surface area contributed by atoms with E-state index < -0.39 is 5.97 Å². The Morgan fingerprint density at radius 2 is 1.82 bits per heavy atom. The van der Waals surface area contributed by atoms with E-state index in [4.69, 9.17) is 5.11 Å². The molecule has 0 spiro atoms. The monoisotopic (exact) mass is 240 g/mol. The summed E-state index contributed by atoms with van der Waals surface area (Å²) in [4.78, 5) is 10.7. The van der Waals surface area contributed by atoms with Gasteiger partial charge in [0.25, 0.3) is 0 Å². The second kappa shape index (κ2) is 9.26. The number of rotatable bonds is 10. The number of allylic oxidation sites excluding steroid dienone is 2. The lowest BCUT2D eigenvalue weighted by Crippen LogP contribution is -2.17. The highest BCUT2D eigenvalue weighted by molar-refractivity contribution is 5.68. The molecule has 17 heavy (non-hydrogen) atoms. The summed E-state index contributed by atoms with van der Waals surface area (Å²) in [6, 6.07) is 0. The van der Waals surface area contributed by atoms with Crippen molar-refractivity contribution < 1.29 is 9.90 Å². The molecule has 0 saturated carbocycles. The van der Waals surface area contributed by atoms with Crippen molar-refractivity contribution in [2.24, 2.45) is 5.41 Å². The quantitative estimate of drug-likeness (QED) is 0.440. The van der Waals surface area contributed by atoms with E-state index in [9.17, 15) is 4.79 Å². The maximum Gasteiger partial charge on any atom is 0.304 e. The van der Waals surface area contributed by atoms with Gasteiger partial charge in [-0.3, -0.25) is 4.79 Å². The van der Waals surface area contributed by atoms with E-state index in [1.165, 1.54) is 32.1 Å². The first kappa shape index (κ1) is 16.2. The Labute approximate surface area is 106 Å². The van der Waals surface area contributed by atoms with Gasteiger partial charge in [-0.25, -0.2) is 0 Å². The summed E-state index contributed by atoms with van der Waals surface area (Å²) < 4.78 is 0. The SMILES string of the molecule is CCCCCCCC=CC(C)(CC)CC(=O)O. The van der Waals surface area contributed by atoms with E-state index >= 15 is 0 Å². The maximum atomic E-state index is 10.7. The van der Waals surface area contributed by atoms with Crippen molar-refractivity contribution >= 4 is 5.97 Å². The average Bonchev–Trinajstić information content (AvgIpc) is 2.27. The lowest BCUT2D eigenvalue weighted by atomic mass is 9.83. The molecule has 1 atom stereocenters. The fourth-order valence-corrected chi connectivity index (χ4v) is 1.88. The van der Waals surface area contributed by atoms with E-state index in [-0.39, 0.29) is 11.8 Å². The van der Waals surface area contributed by atoms with Gasteiger partial charge < -0.3 is 5.11 Å². The number of unbranched alkanes of at least 4 members (excludes halogenated alkanes) is 5. The van der Waals surface area contributed by atoms with Crippen molar-refractivity contribution in [2.75, 3.05) is 0 Å². The molecule has 0 heterocycles. The minimum atomic E-state index is -0.707.